The zero-order valence-electron chi connectivity index (χ0n) is 81.2. The molecule has 0 saturated carbocycles. The highest BCUT2D eigenvalue weighted by atomic mass is 15.0. The molecule has 0 fully saturated rings. The highest BCUT2D eigenvalue weighted by Crippen LogP contribution is 2.63. The fourth-order valence-corrected chi connectivity index (χ4v) is 27.1. The minimum Gasteiger partial charge on any atom is -0.309 e. The molecule has 0 radical (unpaired) electrons. The van der Waals surface area contributed by atoms with Crippen molar-refractivity contribution < 1.29 is 0 Å². The molecule has 3 aromatic heterocycles. The van der Waals surface area contributed by atoms with Gasteiger partial charge in [0.2, 0.25) is 0 Å². The Kier molecular flexibility index (Phi) is 19.2. The van der Waals surface area contributed by atoms with Crippen LogP contribution >= 0.6 is 0 Å². The van der Waals surface area contributed by atoms with Gasteiger partial charge in [0.25, 0.3) is 0 Å². The summed E-state index contributed by atoms with van der Waals surface area (Å²) in [5.41, 5.74) is 49.5. The fourth-order valence-electron chi connectivity index (χ4n) is 27.1. The molecule has 30 rings (SSSR count). The van der Waals surface area contributed by atoms with Crippen molar-refractivity contribution in [1.29, 1.82) is 0 Å². The number of nitrogens with zero attached hydrogens (tertiary/aromatic N) is 4. The summed E-state index contributed by atoms with van der Waals surface area (Å²) in [5.74, 6) is 0. The van der Waals surface area contributed by atoms with Crippen LogP contribution in [0, 0.1) is 0 Å². The van der Waals surface area contributed by atoms with Crippen LogP contribution in [0.1, 0.15) is 102 Å². The summed E-state index contributed by atoms with van der Waals surface area (Å²) in [7, 11) is 0. The van der Waals surface area contributed by atoms with Crippen molar-refractivity contribution in [2.24, 2.45) is 0 Å². The van der Waals surface area contributed by atoms with Crippen LogP contribution in [0.2, 0.25) is 0 Å². The van der Waals surface area contributed by atoms with Crippen molar-refractivity contribution in [3.05, 3.63) is 641 Å². The summed E-state index contributed by atoms with van der Waals surface area (Å²) in [6.45, 7) is 0. The van der Waals surface area contributed by atoms with Gasteiger partial charge in [0, 0.05) is 44.0 Å². The van der Waals surface area contributed by atoms with Crippen molar-refractivity contribution in [3.63, 3.8) is 0 Å². The van der Waals surface area contributed by atoms with Crippen molar-refractivity contribution in [3.8, 4) is 112 Å². The molecule has 0 spiro atoms. The van der Waals surface area contributed by atoms with E-state index in [0.29, 0.717) is 0 Å². The number of fused-ring (bicyclic) bond motifs is 18. The maximum atomic E-state index is 5.63. The van der Waals surface area contributed by atoms with Crippen LogP contribution < -0.4 is 0 Å². The monoisotopic (exact) mass is 1880 g/mol. The van der Waals surface area contributed by atoms with Crippen molar-refractivity contribution in [2.75, 3.05) is 0 Å². The van der Waals surface area contributed by atoms with E-state index in [1.54, 1.807) is 0 Å². The SMILES string of the molecule is C1=CC2=C(CC1)C(c1ccccc1)(c1ccccc1)c1cc(-c3ccc4c(c3)c3cc(-c5ccc6c(c5)C(c5ccccc5)(c5ccccc5)c5ccccc5-6)ccc3n4-c3ccc(-c4nc5ccccc5nc4-c4ccc(-n5c6ccc(-c7ccc8c(c7)C(c7ccccc7)(c7ccccc7)c7ccccc7-8)cc6c6cc(-c7ccc8c(c7)C(c7ccccc7)(c7ccccc7)c7ccccc7-8)ccc65)cc4)cc3)ccc12. The predicted octanol–water partition coefficient (Wildman–Crippen LogP) is 35.4. The number of aromatic nitrogens is 4. The van der Waals surface area contributed by atoms with E-state index < -0.39 is 21.7 Å². The van der Waals surface area contributed by atoms with Crippen LogP contribution in [0.5, 0.6) is 0 Å². The number of benzene rings is 22. The van der Waals surface area contributed by atoms with Crippen LogP contribution in [-0.4, -0.2) is 19.1 Å². The van der Waals surface area contributed by atoms with Crippen molar-refractivity contribution in [1.82, 2.24) is 19.1 Å². The van der Waals surface area contributed by atoms with Crippen molar-refractivity contribution in [2.45, 2.75) is 34.5 Å². The molecule has 0 saturated heterocycles. The topological polar surface area (TPSA) is 35.6 Å². The van der Waals surface area contributed by atoms with E-state index in [2.05, 4.69) is 555 Å². The number of rotatable bonds is 16. The average molecular weight is 1880 g/mol. The van der Waals surface area contributed by atoms with Gasteiger partial charge >= 0.3 is 0 Å². The molecule has 22 aromatic carbocycles. The summed E-state index contributed by atoms with van der Waals surface area (Å²) in [5, 5.41) is 4.65. The molecule has 25 aromatic rings. The average Bonchev–Trinajstić information content (AvgIpc) is 1.53. The second-order valence-electron chi connectivity index (χ2n) is 40.5. The van der Waals surface area contributed by atoms with Crippen LogP contribution in [0.15, 0.2) is 552 Å². The summed E-state index contributed by atoms with van der Waals surface area (Å²) in [4.78, 5) is 11.3. The molecule has 4 nitrogen and oxygen atoms in total. The molecule has 148 heavy (non-hydrogen) atoms. The molecular weight excluding hydrogens is 1790 g/mol. The molecular formula is C144H94N4. The lowest BCUT2D eigenvalue weighted by atomic mass is 9.65. The Morgan fingerprint density at radius 1 is 0.182 bits per heavy atom. The number of allylic oxidation sites excluding steroid dienone is 4. The van der Waals surface area contributed by atoms with Crippen LogP contribution in [0.4, 0.5) is 0 Å². The Morgan fingerprint density at radius 2 is 0.412 bits per heavy atom. The third-order valence-electron chi connectivity index (χ3n) is 33.4. The van der Waals surface area contributed by atoms with E-state index in [4.69, 9.17) is 9.97 Å². The first-order valence-electron chi connectivity index (χ1n) is 51.8. The predicted molar refractivity (Wildman–Crippen MR) is 611 cm³/mol. The van der Waals surface area contributed by atoms with E-state index in [9.17, 15) is 0 Å². The molecule has 5 aliphatic carbocycles. The van der Waals surface area contributed by atoms with E-state index >= 15 is 0 Å². The minimum atomic E-state index is -0.562. The Morgan fingerprint density at radius 3 is 0.709 bits per heavy atom. The third-order valence-corrected chi connectivity index (χ3v) is 33.4. The maximum absolute atomic E-state index is 5.63. The van der Waals surface area contributed by atoms with Crippen LogP contribution in [-0.2, 0) is 21.7 Å². The smallest absolute Gasteiger partial charge is 0.0973 e. The van der Waals surface area contributed by atoms with E-state index in [-0.39, 0.29) is 0 Å². The van der Waals surface area contributed by atoms with Gasteiger partial charge in [-0.1, -0.05) is 437 Å². The van der Waals surface area contributed by atoms with Gasteiger partial charge in [0.05, 0.1) is 66.1 Å². The third kappa shape index (κ3) is 12.4. The van der Waals surface area contributed by atoms with E-state index in [1.165, 1.54) is 150 Å². The molecule has 4 heteroatoms. The number of para-hydroxylation sites is 2. The molecule has 0 N–H and O–H groups in total. The van der Waals surface area contributed by atoms with Gasteiger partial charge in [0.1, 0.15) is 0 Å². The van der Waals surface area contributed by atoms with E-state index in [1.807, 2.05) is 0 Å². The molecule has 0 aliphatic heterocycles. The Hall–Kier alpha value is -18.7. The highest BCUT2D eigenvalue weighted by Gasteiger charge is 2.52. The number of hydrogen-bond acceptors (Lipinski definition) is 2. The van der Waals surface area contributed by atoms with Gasteiger partial charge in [-0.25, -0.2) is 9.97 Å². The molecule has 5 aliphatic rings. The minimum absolute atomic E-state index is 0.476. The highest BCUT2D eigenvalue weighted by molar-refractivity contribution is 6.14. The second-order valence-corrected chi connectivity index (χ2v) is 40.5. The zero-order valence-corrected chi connectivity index (χ0v) is 81.2. The summed E-state index contributed by atoms with van der Waals surface area (Å²) >= 11 is 0. The normalized spacial score (nSPS) is 14.3. The van der Waals surface area contributed by atoms with E-state index in [0.717, 1.165) is 130 Å². The van der Waals surface area contributed by atoms with Crippen molar-refractivity contribution >= 4 is 60.2 Å². The Balaban J connectivity index is 0.561. The van der Waals surface area contributed by atoms with Crippen LogP contribution in [0.3, 0.4) is 0 Å². The molecule has 0 atom stereocenters. The molecule has 0 amide bonds. The zero-order chi connectivity index (χ0) is 97.3. The Labute approximate surface area is 859 Å². The Bertz CT molecular complexity index is 9390. The quantitative estimate of drug-likeness (QED) is 0.0966. The summed E-state index contributed by atoms with van der Waals surface area (Å²) in [6.07, 6.45) is 6.75. The van der Waals surface area contributed by atoms with Gasteiger partial charge in [0.15, 0.2) is 0 Å². The molecule has 0 bridgehead atoms. The summed E-state index contributed by atoms with van der Waals surface area (Å²) in [6, 6.07) is 201. The molecule has 0 unspecified atom stereocenters. The van der Waals surface area contributed by atoms with Gasteiger partial charge in [-0.2, -0.15) is 0 Å². The van der Waals surface area contributed by atoms with Crippen LogP contribution in [0.25, 0.3) is 172 Å². The molecule has 3 heterocycles. The largest absolute Gasteiger partial charge is 0.309 e. The lowest BCUT2D eigenvalue weighted by Crippen LogP contribution is -2.30. The maximum Gasteiger partial charge on any atom is 0.0973 e. The standard InChI is InChI=1S/C144H94N4/c1-9-35-103(36-10-1)141(104-37-11-2-12-38-104)125-55-29-25-51-113(125)117-77-65-99(89-129(117)141)95-69-81-135-121(85-95)122-86-96(100-66-78-118-114-52-26-30-56-126(114)142(130(118)90-100,105-39-13-3-14-40-105)106-41-15-4-16-42-106)70-82-136(122)147(135)111-73-61-93(62-74-111)139-140(146-134-60-34-33-59-133(134)145-139)94-63-75-112(76-64-94)148-137-83-71-97(101-67-79-119-115-53-27-31-57-127(115)143(131(119)91-101,107-43-17-5-18-44-107)108-45-19-6-20-46-108)87-123(137)124-88-98(72-84-138(124)148)102-68-80-120-116-54-28-32-58-128(116)144(132(120)92-102,109-47-21-7-22-48-109)110-49-23-8-24-50-110/h1-31,33-57,59-92H,32,58H2. The lowest BCUT2D eigenvalue weighted by Gasteiger charge is -2.36. The molecule has 690 valence electrons. The van der Waals surface area contributed by atoms with Gasteiger partial charge in [-0.05, 0) is 300 Å². The van der Waals surface area contributed by atoms with Gasteiger partial charge in [-0.3, -0.25) is 0 Å². The van der Waals surface area contributed by atoms with Gasteiger partial charge in [-0.15, -0.1) is 0 Å². The number of hydrogen-bond donors (Lipinski definition) is 0. The van der Waals surface area contributed by atoms with Gasteiger partial charge < -0.3 is 9.13 Å². The lowest BCUT2D eigenvalue weighted by molar-refractivity contribution is 0.697. The first-order chi connectivity index (χ1) is 73.4. The first kappa shape index (κ1) is 84.9. The second kappa shape index (κ2) is 33.4. The fraction of sp³-hybridized carbons (Fsp3) is 0.0417. The summed E-state index contributed by atoms with van der Waals surface area (Å²) < 4.78 is 4.95. The first-order valence-corrected chi connectivity index (χ1v) is 51.8.